The second kappa shape index (κ2) is 11.5. The van der Waals surface area contributed by atoms with E-state index in [0.717, 1.165) is 25.5 Å². The Labute approximate surface area is 239 Å². The van der Waals surface area contributed by atoms with E-state index < -0.39 is 23.5 Å². The van der Waals surface area contributed by atoms with Gasteiger partial charge in [0.25, 0.3) is 0 Å². The monoisotopic (exact) mass is 592 g/mol. The Bertz CT molecular complexity index is 1480. The zero-order valence-corrected chi connectivity index (χ0v) is 23.3. The molecule has 0 saturated carbocycles. The van der Waals surface area contributed by atoms with Crippen molar-refractivity contribution in [1.82, 2.24) is 20.2 Å². The lowest BCUT2D eigenvalue weighted by Crippen LogP contribution is -2.59. The Kier molecular flexibility index (Phi) is 8.14. The van der Waals surface area contributed by atoms with E-state index in [2.05, 4.69) is 31.0 Å². The molecule has 2 aromatic carbocycles. The molecule has 0 radical (unpaired) electrons. The van der Waals surface area contributed by atoms with Gasteiger partial charge in [-0.05, 0) is 57.6 Å². The molecule has 2 atom stereocenters. The molecule has 8 nitrogen and oxygen atoms in total. The molecule has 41 heavy (non-hydrogen) atoms. The minimum atomic E-state index is -4.99. The topological polar surface area (TPSA) is 86.5 Å². The Hall–Kier alpha value is -3.40. The van der Waals surface area contributed by atoms with Crippen LogP contribution < -0.4 is 19.7 Å². The first-order valence-corrected chi connectivity index (χ1v) is 13.6. The first-order chi connectivity index (χ1) is 19.5. The van der Waals surface area contributed by atoms with Crippen LogP contribution in [0.1, 0.15) is 26.2 Å². The summed E-state index contributed by atoms with van der Waals surface area (Å²) in [4.78, 5) is 13.2. The first-order valence-electron chi connectivity index (χ1n) is 13.2. The molecule has 0 bridgehead atoms. The molecule has 218 valence electrons. The third-order valence-electron chi connectivity index (χ3n) is 7.54. The number of aromatic nitrogens is 2. The van der Waals surface area contributed by atoms with Gasteiger partial charge in [0.2, 0.25) is 0 Å². The normalized spacial score (nSPS) is 21.7. The SMILES string of the molecule is CN1CCCC1COc1nc(N2CCNC(C)(CC#N)C2)c2ccc(-c3cc(Cl)ccc3OC(F)(F)F)c(F)c2n1. The highest BCUT2D eigenvalue weighted by molar-refractivity contribution is 6.31. The zero-order valence-electron chi connectivity index (χ0n) is 22.6. The molecule has 2 fully saturated rings. The van der Waals surface area contributed by atoms with Crippen LogP contribution in [0.4, 0.5) is 23.4 Å². The van der Waals surface area contributed by atoms with Crippen molar-refractivity contribution in [3.05, 3.63) is 41.2 Å². The predicted molar refractivity (Wildman–Crippen MR) is 147 cm³/mol. The van der Waals surface area contributed by atoms with E-state index in [1.807, 2.05) is 18.9 Å². The highest BCUT2D eigenvalue weighted by atomic mass is 35.5. The Morgan fingerprint density at radius 3 is 2.71 bits per heavy atom. The number of piperazine rings is 1. The van der Waals surface area contributed by atoms with Gasteiger partial charge in [0.05, 0.1) is 12.5 Å². The van der Waals surface area contributed by atoms with E-state index in [9.17, 15) is 18.4 Å². The maximum atomic E-state index is 16.3. The number of hydrogen-bond acceptors (Lipinski definition) is 8. The van der Waals surface area contributed by atoms with Gasteiger partial charge in [-0.1, -0.05) is 17.7 Å². The Balaban J connectivity index is 1.62. The quantitative estimate of drug-likeness (QED) is 0.358. The molecule has 0 aliphatic carbocycles. The van der Waals surface area contributed by atoms with Crippen LogP contribution in [0, 0.1) is 17.1 Å². The standard InChI is InChI=1S/C28H29ClF4N6O2/c1-27(9-10-34)16-39(13-11-35-27)25-20-7-6-19(21-14-17(29)5-8-22(21)41-28(31,32)33)23(30)24(20)36-26(37-25)40-15-18-4-3-12-38(18)2/h5-8,14,18,35H,3-4,9,11-13,15-16H2,1-2H3. The van der Waals surface area contributed by atoms with Gasteiger partial charge < -0.3 is 24.6 Å². The number of nitrogens with zero attached hydrogens (tertiary/aromatic N) is 5. The summed E-state index contributed by atoms with van der Waals surface area (Å²) in [7, 11) is 2.00. The van der Waals surface area contributed by atoms with Gasteiger partial charge in [0.15, 0.2) is 5.82 Å². The highest BCUT2D eigenvalue weighted by Gasteiger charge is 2.34. The van der Waals surface area contributed by atoms with E-state index in [1.165, 1.54) is 18.2 Å². The highest BCUT2D eigenvalue weighted by Crippen LogP contribution is 2.40. The molecule has 2 aliphatic heterocycles. The maximum Gasteiger partial charge on any atom is 0.573 e. The van der Waals surface area contributed by atoms with Gasteiger partial charge in [0, 0.05) is 52.8 Å². The van der Waals surface area contributed by atoms with Gasteiger partial charge in [-0.15, -0.1) is 13.2 Å². The number of nitrogens with one attached hydrogen (secondary N) is 1. The summed E-state index contributed by atoms with van der Waals surface area (Å²) in [5.74, 6) is -1.04. The number of rotatable bonds is 7. The number of anilines is 1. The zero-order chi connectivity index (χ0) is 29.4. The van der Waals surface area contributed by atoms with Crippen LogP contribution in [0.3, 0.4) is 0 Å². The predicted octanol–water partition coefficient (Wildman–Crippen LogP) is 5.54. The minimum absolute atomic E-state index is 0.0396. The molecule has 2 saturated heterocycles. The second-order valence-corrected chi connectivity index (χ2v) is 11.1. The van der Waals surface area contributed by atoms with E-state index in [4.69, 9.17) is 16.3 Å². The molecule has 2 unspecified atom stereocenters. The van der Waals surface area contributed by atoms with Crippen LogP contribution in [-0.2, 0) is 0 Å². The van der Waals surface area contributed by atoms with Crippen LogP contribution >= 0.6 is 11.6 Å². The third kappa shape index (κ3) is 6.42. The fraction of sp³-hybridized carbons (Fsp3) is 0.464. The molecular weight excluding hydrogens is 564 g/mol. The lowest BCUT2D eigenvalue weighted by Gasteiger charge is -2.41. The summed E-state index contributed by atoms with van der Waals surface area (Å²) >= 11 is 6.08. The van der Waals surface area contributed by atoms with E-state index in [0.29, 0.717) is 37.4 Å². The van der Waals surface area contributed by atoms with Crippen molar-refractivity contribution in [3.63, 3.8) is 0 Å². The molecule has 2 aliphatic rings. The summed E-state index contributed by atoms with van der Waals surface area (Å²) in [5.41, 5.74) is -0.977. The second-order valence-electron chi connectivity index (χ2n) is 10.7. The fourth-order valence-electron chi connectivity index (χ4n) is 5.45. The first kappa shape index (κ1) is 29.1. The number of nitriles is 1. The van der Waals surface area contributed by atoms with Gasteiger partial charge in [0.1, 0.15) is 23.7 Å². The molecule has 3 aromatic rings. The van der Waals surface area contributed by atoms with Crippen LogP contribution in [0.25, 0.3) is 22.0 Å². The van der Waals surface area contributed by atoms with Crippen molar-refractivity contribution in [1.29, 1.82) is 5.26 Å². The van der Waals surface area contributed by atoms with Crippen molar-refractivity contribution < 1.29 is 27.0 Å². The van der Waals surface area contributed by atoms with E-state index in [-0.39, 0.29) is 40.1 Å². The number of ether oxygens (including phenoxy) is 2. The molecular formula is C28H29ClF4N6O2. The maximum absolute atomic E-state index is 16.3. The van der Waals surface area contributed by atoms with Crippen molar-refractivity contribution >= 4 is 28.3 Å². The van der Waals surface area contributed by atoms with Crippen LogP contribution in [0.15, 0.2) is 30.3 Å². The number of hydrogen-bond donors (Lipinski definition) is 1. The molecule has 0 spiro atoms. The van der Waals surface area contributed by atoms with Crippen molar-refractivity contribution in [2.24, 2.45) is 0 Å². The summed E-state index contributed by atoms with van der Waals surface area (Å²) < 4.78 is 65.9. The number of likely N-dealkylation sites (tertiary alicyclic amines) is 1. The number of benzene rings is 2. The average molecular weight is 593 g/mol. The van der Waals surface area contributed by atoms with Gasteiger partial charge in [-0.25, -0.2) is 4.39 Å². The lowest BCUT2D eigenvalue weighted by molar-refractivity contribution is -0.274. The molecule has 0 amide bonds. The number of likely N-dealkylation sites (N-methyl/N-ethyl adjacent to an activating group) is 1. The molecule has 13 heteroatoms. The lowest BCUT2D eigenvalue weighted by atomic mass is 9.95. The van der Waals surface area contributed by atoms with Gasteiger partial charge in [-0.3, -0.25) is 0 Å². The van der Waals surface area contributed by atoms with Crippen LogP contribution in [-0.4, -0.2) is 72.6 Å². The molecule has 3 heterocycles. The molecule has 1 N–H and O–H groups in total. The summed E-state index contributed by atoms with van der Waals surface area (Å²) in [6.07, 6.45) is -2.76. The van der Waals surface area contributed by atoms with Crippen molar-refractivity contribution in [2.75, 3.05) is 44.7 Å². The third-order valence-corrected chi connectivity index (χ3v) is 7.78. The number of halogens is 5. The van der Waals surface area contributed by atoms with Crippen LogP contribution in [0.2, 0.25) is 5.02 Å². The average Bonchev–Trinajstić information content (AvgIpc) is 3.32. The fourth-order valence-corrected chi connectivity index (χ4v) is 5.62. The number of alkyl halides is 3. The molecule has 5 rings (SSSR count). The number of fused-ring (bicyclic) bond motifs is 1. The molecule has 1 aromatic heterocycles. The van der Waals surface area contributed by atoms with Crippen molar-refractivity contribution in [3.8, 4) is 29.0 Å². The van der Waals surface area contributed by atoms with E-state index in [1.54, 1.807) is 6.07 Å². The Morgan fingerprint density at radius 2 is 2.00 bits per heavy atom. The summed E-state index contributed by atoms with van der Waals surface area (Å²) in [6, 6.07) is 8.74. The Morgan fingerprint density at radius 1 is 1.20 bits per heavy atom. The summed E-state index contributed by atoms with van der Waals surface area (Å²) in [6.45, 7) is 4.68. The van der Waals surface area contributed by atoms with Crippen LogP contribution in [0.5, 0.6) is 11.8 Å². The van der Waals surface area contributed by atoms with Gasteiger partial charge in [-0.2, -0.15) is 15.2 Å². The van der Waals surface area contributed by atoms with E-state index >= 15 is 4.39 Å². The smallest absolute Gasteiger partial charge is 0.462 e. The van der Waals surface area contributed by atoms with Gasteiger partial charge >= 0.3 is 12.4 Å². The largest absolute Gasteiger partial charge is 0.573 e. The minimum Gasteiger partial charge on any atom is -0.462 e. The van der Waals surface area contributed by atoms with Crippen molar-refractivity contribution in [2.45, 2.75) is 44.1 Å². The summed E-state index contributed by atoms with van der Waals surface area (Å²) in [5, 5.41) is 13.2.